The Kier molecular flexibility index (Phi) is 3.05. The van der Waals surface area contributed by atoms with Crippen molar-refractivity contribution < 1.29 is 4.52 Å². The summed E-state index contributed by atoms with van der Waals surface area (Å²) in [7, 11) is 0. The molecule has 0 amide bonds. The first-order valence-corrected chi connectivity index (χ1v) is 5.72. The third-order valence-corrected chi connectivity index (χ3v) is 2.87. The molecule has 0 aliphatic heterocycles. The van der Waals surface area contributed by atoms with Crippen molar-refractivity contribution in [2.24, 2.45) is 5.92 Å². The average molecular weight is 209 g/mol. The third-order valence-electron chi connectivity index (χ3n) is 2.87. The highest BCUT2D eigenvalue weighted by atomic mass is 16.5. The summed E-state index contributed by atoms with van der Waals surface area (Å²) in [6.07, 6.45) is 2.62. The molecule has 0 spiro atoms. The Hall–Kier alpha value is -0.900. The van der Waals surface area contributed by atoms with Crippen LogP contribution in [-0.4, -0.2) is 16.2 Å². The number of nitrogens with zero attached hydrogens (tertiary/aromatic N) is 2. The summed E-state index contributed by atoms with van der Waals surface area (Å²) < 4.78 is 5.26. The van der Waals surface area contributed by atoms with Crippen LogP contribution in [-0.2, 0) is 6.54 Å². The first kappa shape index (κ1) is 10.6. The fourth-order valence-corrected chi connectivity index (χ4v) is 1.62. The number of hydrogen-bond donors (Lipinski definition) is 1. The number of nitrogens with one attached hydrogen (secondary N) is 1. The molecule has 0 radical (unpaired) electrons. The summed E-state index contributed by atoms with van der Waals surface area (Å²) in [5, 5.41) is 7.24. The van der Waals surface area contributed by atoms with Crippen LogP contribution in [0, 0.1) is 5.92 Å². The highest BCUT2D eigenvalue weighted by molar-refractivity contribution is 4.99. The van der Waals surface area contributed by atoms with E-state index in [-0.39, 0.29) is 0 Å². The van der Waals surface area contributed by atoms with Crippen molar-refractivity contribution in [3.8, 4) is 0 Å². The molecule has 1 aliphatic carbocycles. The van der Waals surface area contributed by atoms with Gasteiger partial charge in [-0.3, -0.25) is 0 Å². The Morgan fingerprint density at radius 1 is 1.40 bits per heavy atom. The van der Waals surface area contributed by atoms with Crippen LogP contribution in [0.1, 0.15) is 51.2 Å². The molecule has 0 bridgehead atoms. The van der Waals surface area contributed by atoms with Crippen molar-refractivity contribution in [2.45, 2.75) is 52.1 Å². The van der Waals surface area contributed by atoms with Crippen molar-refractivity contribution >= 4 is 0 Å². The van der Waals surface area contributed by atoms with Gasteiger partial charge in [0.1, 0.15) is 0 Å². The van der Waals surface area contributed by atoms with E-state index in [2.05, 4.69) is 36.2 Å². The van der Waals surface area contributed by atoms with Crippen molar-refractivity contribution in [2.75, 3.05) is 0 Å². The van der Waals surface area contributed by atoms with Crippen LogP contribution < -0.4 is 5.32 Å². The number of hydrogen-bond acceptors (Lipinski definition) is 4. The van der Waals surface area contributed by atoms with Crippen LogP contribution in [0.3, 0.4) is 0 Å². The van der Waals surface area contributed by atoms with Gasteiger partial charge >= 0.3 is 0 Å². The molecule has 1 aliphatic rings. The molecule has 1 saturated carbocycles. The molecular formula is C11H19N3O. The van der Waals surface area contributed by atoms with E-state index >= 15 is 0 Å². The van der Waals surface area contributed by atoms with Gasteiger partial charge in [-0.1, -0.05) is 25.9 Å². The Bertz CT molecular complexity index is 317. The molecule has 2 rings (SSSR count). The van der Waals surface area contributed by atoms with E-state index in [1.54, 1.807) is 0 Å². The molecule has 4 nitrogen and oxygen atoms in total. The molecule has 4 heteroatoms. The lowest BCUT2D eigenvalue weighted by Gasteiger charge is -2.03. The molecule has 1 unspecified atom stereocenters. The summed E-state index contributed by atoms with van der Waals surface area (Å²) in [4.78, 5) is 4.40. The minimum atomic E-state index is 0.435. The second-order valence-electron chi connectivity index (χ2n) is 4.71. The monoisotopic (exact) mass is 209 g/mol. The fraction of sp³-hybridized carbons (Fsp3) is 0.818. The average Bonchev–Trinajstić information content (AvgIpc) is 2.93. The van der Waals surface area contributed by atoms with Gasteiger partial charge in [-0.15, -0.1) is 0 Å². The van der Waals surface area contributed by atoms with Crippen molar-refractivity contribution in [3.63, 3.8) is 0 Å². The van der Waals surface area contributed by atoms with E-state index in [4.69, 9.17) is 4.52 Å². The second-order valence-corrected chi connectivity index (χ2v) is 4.71. The lowest BCUT2D eigenvalue weighted by atomic mass is 10.1. The quantitative estimate of drug-likeness (QED) is 0.806. The van der Waals surface area contributed by atoms with E-state index in [9.17, 15) is 0 Å². The first-order chi connectivity index (χ1) is 7.16. The maximum atomic E-state index is 5.26. The summed E-state index contributed by atoms with van der Waals surface area (Å²) >= 11 is 0. The minimum absolute atomic E-state index is 0.435. The van der Waals surface area contributed by atoms with Crippen LogP contribution in [0.4, 0.5) is 0 Å². The molecule has 0 saturated heterocycles. The van der Waals surface area contributed by atoms with E-state index in [0.29, 0.717) is 18.5 Å². The zero-order valence-corrected chi connectivity index (χ0v) is 9.66. The topological polar surface area (TPSA) is 51.0 Å². The molecule has 0 aromatic carbocycles. The lowest BCUT2D eigenvalue weighted by Crippen LogP contribution is -2.22. The third kappa shape index (κ3) is 2.78. The molecule has 1 aromatic heterocycles. The smallest absolute Gasteiger partial charge is 0.229 e. The molecule has 1 heterocycles. The Morgan fingerprint density at radius 3 is 2.73 bits per heavy atom. The summed E-state index contributed by atoms with van der Waals surface area (Å²) in [5.41, 5.74) is 0. The van der Waals surface area contributed by atoms with Gasteiger partial charge in [-0.2, -0.15) is 4.98 Å². The summed E-state index contributed by atoms with van der Waals surface area (Å²) in [6.45, 7) is 7.07. The maximum absolute atomic E-state index is 5.26. The first-order valence-electron chi connectivity index (χ1n) is 5.72. The van der Waals surface area contributed by atoms with Crippen LogP contribution in [0.2, 0.25) is 0 Å². The van der Waals surface area contributed by atoms with Gasteiger partial charge < -0.3 is 9.84 Å². The molecule has 15 heavy (non-hydrogen) atoms. The van der Waals surface area contributed by atoms with Gasteiger partial charge in [0.05, 0.1) is 6.54 Å². The highest BCUT2D eigenvalue weighted by Gasteiger charge is 2.32. The number of rotatable bonds is 5. The Labute approximate surface area is 90.4 Å². The van der Waals surface area contributed by atoms with Gasteiger partial charge in [0.25, 0.3) is 0 Å². The van der Waals surface area contributed by atoms with E-state index < -0.39 is 0 Å². The van der Waals surface area contributed by atoms with Gasteiger partial charge in [-0.05, 0) is 18.8 Å². The molecule has 1 N–H and O–H groups in total. The summed E-state index contributed by atoms with van der Waals surface area (Å²) in [6, 6.07) is 0.452. The molecule has 1 fully saturated rings. The van der Waals surface area contributed by atoms with Gasteiger partial charge in [-0.25, -0.2) is 0 Å². The van der Waals surface area contributed by atoms with Crippen LogP contribution in [0.15, 0.2) is 4.52 Å². The standard InChI is InChI=1S/C11H19N3O/c1-7(2)12-6-10-13-11(15-14-10)8(3)9-4-5-9/h7-9,12H,4-6H2,1-3H3. The normalized spacial score (nSPS) is 18.4. The number of aromatic nitrogens is 2. The second kappa shape index (κ2) is 4.31. The largest absolute Gasteiger partial charge is 0.339 e. The summed E-state index contributed by atoms with van der Waals surface area (Å²) in [5.74, 6) is 2.78. The minimum Gasteiger partial charge on any atom is -0.339 e. The predicted molar refractivity (Wildman–Crippen MR) is 57.4 cm³/mol. The lowest BCUT2D eigenvalue weighted by molar-refractivity contribution is 0.343. The van der Waals surface area contributed by atoms with Gasteiger partial charge in [0, 0.05) is 12.0 Å². The van der Waals surface area contributed by atoms with Crippen LogP contribution >= 0.6 is 0 Å². The van der Waals surface area contributed by atoms with E-state index in [0.717, 1.165) is 17.6 Å². The highest BCUT2D eigenvalue weighted by Crippen LogP contribution is 2.41. The molecule has 84 valence electrons. The zero-order valence-electron chi connectivity index (χ0n) is 9.66. The van der Waals surface area contributed by atoms with Gasteiger partial charge in [0.15, 0.2) is 5.82 Å². The Balaban J connectivity index is 1.91. The van der Waals surface area contributed by atoms with E-state index in [1.165, 1.54) is 12.8 Å². The van der Waals surface area contributed by atoms with E-state index in [1.807, 2.05) is 0 Å². The van der Waals surface area contributed by atoms with Crippen LogP contribution in [0.25, 0.3) is 0 Å². The van der Waals surface area contributed by atoms with Gasteiger partial charge in [0.2, 0.25) is 5.89 Å². The van der Waals surface area contributed by atoms with Crippen molar-refractivity contribution in [1.82, 2.24) is 15.5 Å². The van der Waals surface area contributed by atoms with Crippen LogP contribution in [0.5, 0.6) is 0 Å². The Morgan fingerprint density at radius 2 is 2.13 bits per heavy atom. The SMILES string of the molecule is CC(C)NCc1noc(C(C)C2CC2)n1. The molecule has 1 atom stereocenters. The van der Waals surface area contributed by atoms with Crippen molar-refractivity contribution in [1.29, 1.82) is 0 Å². The maximum Gasteiger partial charge on any atom is 0.229 e. The predicted octanol–water partition coefficient (Wildman–Crippen LogP) is 2.08. The molecular weight excluding hydrogens is 190 g/mol. The van der Waals surface area contributed by atoms with Crippen molar-refractivity contribution in [3.05, 3.63) is 11.7 Å². The fourth-order valence-electron chi connectivity index (χ4n) is 1.62. The zero-order chi connectivity index (χ0) is 10.8. The molecule has 1 aromatic rings.